The molecule has 0 aromatic heterocycles. The molecule has 0 atom stereocenters. The highest BCUT2D eigenvalue weighted by molar-refractivity contribution is 6.31. The summed E-state index contributed by atoms with van der Waals surface area (Å²) in [6, 6.07) is 25.3. The molecule has 3 aromatic rings. The normalized spacial score (nSPS) is 12.2. The van der Waals surface area contributed by atoms with E-state index in [1.54, 1.807) is 0 Å². The van der Waals surface area contributed by atoms with Crippen molar-refractivity contribution in [3.8, 4) is 11.5 Å². The van der Waals surface area contributed by atoms with Gasteiger partial charge < -0.3 is 19.7 Å². The quantitative estimate of drug-likeness (QED) is 0.254. The third-order valence-electron chi connectivity index (χ3n) is 5.49. The molecule has 0 aliphatic rings. The summed E-state index contributed by atoms with van der Waals surface area (Å²) >= 11 is 0. The predicted octanol–water partition coefficient (Wildman–Crippen LogP) is 6.76. The summed E-state index contributed by atoms with van der Waals surface area (Å²) in [6.45, 7) is 9.57. The Bertz CT molecular complexity index is 1140. The van der Waals surface area contributed by atoms with Gasteiger partial charge in [-0.3, -0.25) is 4.79 Å². The number of allylic oxidation sites excluding steroid dienone is 1. The Labute approximate surface area is 215 Å². The average molecular weight is 487 g/mol. The number of nitrogens with one attached hydrogen (secondary N) is 1. The zero-order valence-corrected chi connectivity index (χ0v) is 22.3. The Morgan fingerprint density at radius 3 is 2.00 bits per heavy atom. The lowest BCUT2D eigenvalue weighted by atomic mass is 9.92. The summed E-state index contributed by atoms with van der Waals surface area (Å²) < 4.78 is 11.8. The first kappa shape index (κ1) is 27.0. The number of ether oxygens (including phenoxy) is 2. The maximum atomic E-state index is 13.7. The Morgan fingerprint density at radius 2 is 1.44 bits per heavy atom. The van der Waals surface area contributed by atoms with E-state index in [0.29, 0.717) is 24.3 Å². The fourth-order valence-electron chi connectivity index (χ4n) is 3.82. The topological polar surface area (TPSA) is 50.8 Å². The van der Waals surface area contributed by atoms with Gasteiger partial charge >= 0.3 is 0 Å². The van der Waals surface area contributed by atoms with Gasteiger partial charge in [0.1, 0.15) is 23.7 Å². The number of nitrogens with zero attached hydrogens (tertiary/aromatic N) is 1. The minimum Gasteiger partial charge on any atom is -0.492 e. The van der Waals surface area contributed by atoms with Crippen LogP contribution in [0, 0.1) is 0 Å². The molecule has 1 amide bonds. The van der Waals surface area contributed by atoms with Crippen molar-refractivity contribution >= 4 is 22.7 Å². The van der Waals surface area contributed by atoms with Crippen LogP contribution in [0.1, 0.15) is 45.2 Å². The van der Waals surface area contributed by atoms with Crippen molar-refractivity contribution in [1.82, 2.24) is 4.90 Å². The van der Waals surface area contributed by atoms with Crippen molar-refractivity contribution in [2.75, 3.05) is 32.6 Å². The highest BCUT2D eigenvalue weighted by Gasteiger charge is 2.19. The fraction of sp³-hybridized carbons (Fsp3) is 0.323. The molecule has 0 fully saturated rings. The van der Waals surface area contributed by atoms with Gasteiger partial charge in [-0.2, -0.15) is 0 Å². The van der Waals surface area contributed by atoms with Crippen LogP contribution in [-0.2, 0) is 4.79 Å². The van der Waals surface area contributed by atoms with E-state index in [-0.39, 0.29) is 11.5 Å². The van der Waals surface area contributed by atoms with Gasteiger partial charge in [-0.15, -0.1) is 0 Å². The molecular weight excluding hydrogens is 448 g/mol. The monoisotopic (exact) mass is 486 g/mol. The van der Waals surface area contributed by atoms with Crippen molar-refractivity contribution < 1.29 is 14.3 Å². The van der Waals surface area contributed by atoms with Gasteiger partial charge in [0, 0.05) is 12.2 Å². The van der Waals surface area contributed by atoms with Crippen LogP contribution < -0.4 is 14.8 Å². The van der Waals surface area contributed by atoms with E-state index in [1.807, 2.05) is 114 Å². The van der Waals surface area contributed by atoms with E-state index in [4.69, 9.17) is 9.47 Å². The highest BCUT2D eigenvalue weighted by atomic mass is 16.5. The number of benzene rings is 3. The molecule has 0 heterocycles. The van der Waals surface area contributed by atoms with Gasteiger partial charge in [-0.25, -0.2) is 0 Å². The highest BCUT2D eigenvalue weighted by Crippen LogP contribution is 2.32. The molecule has 1 N–H and O–H groups in total. The first-order valence-corrected chi connectivity index (χ1v) is 12.4. The summed E-state index contributed by atoms with van der Waals surface area (Å²) in [5, 5.41) is 3.09. The molecule has 0 spiro atoms. The van der Waals surface area contributed by atoms with E-state index in [9.17, 15) is 4.79 Å². The summed E-state index contributed by atoms with van der Waals surface area (Å²) in [6.07, 6.45) is 0.714. The van der Waals surface area contributed by atoms with Crippen LogP contribution in [0.5, 0.6) is 11.5 Å². The van der Waals surface area contributed by atoms with Gasteiger partial charge in [0.05, 0.1) is 5.57 Å². The first-order chi connectivity index (χ1) is 17.2. The van der Waals surface area contributed by atoms with Crippen LogP contribution in [0.2, 0.25) is 0 Å². The van der Waals surface area contributed by atoms with Gasteiger partial charge in [0.15, 0.2) is 0 Å². The van der Waals surface area contributed by atoms with Crippen LogP contribution in [0.15, 0.2) is 78.9 Å². The Morgan fingerprint density at radius 1 is 0.833 bits per heavy atom. The van der Waals surface area contributed by atoms with Crippen LogP contribution in [0.25, 0.3) is 11.1 Å². The molecule has 36 heavy (non-hydrogen) atoms. The van der Waals surface area contributed by atoms with Gasteiger partial charge in [0.25, 0.3) is 5.91 Å². The number of likely N-dealkylation sites (N-methyl/N-ethyl adjacent to an activating group) is 1. The van der Waals surface area contributed by atoms with Crippen molar-refractivity contribution in [3.05, 3.63) is 90.0 Å². The molecule has 0 aliphatic heterocycles. The van der Waals surface area contributed by atoms with Crippen molar-refractivity contribution in [1.29, 1.82) is 0 Å². The van der Waals surface area contributed by atoms with Crippen LogP contribution in [-0.4, -0.2) is 43.7 Å². The van der Waals surface area contributed by atoms with E-state index in [1.165, 1.54) is 0 Å². The van der Waals surface area contributed by atoms with E-state index < -0.39 is 0 Å². The van der Waals surface area contributed by atoms with E-state index in [2.05, 4.69) is 17.1 Å². The van der Waals surface area contributed by atoms with Gasteiger partial charge in [0.2, 0.25) is 0 Å². The second kappa shape index (κ2) is 12.4. The number of anilines is 1. The van der Waals surface area contributed by atoms with E-state index in [0.717, 1.165) is 34.7 Å². The summed E-state index contributed by atoms with van der Waals surface area (Å²) in [5.41, 5.74) is 3.94. The van der Waals surface area contributed by atoms with Crippen molar-refractivity contribution in [3.63, 3.8) is 0 Å². The Kier molecular flexibility index (Phi) is 9.31. The SMILES string of the molecule is CC/C(=C(\C(=O)Nc1ccc(OCCN(C)C)cc1)c1ccc(OC(C)(C)C)cc1)c1ccccc1. The lowest BCUT2D eigenvalue weighted by Crippen LogP contribution is -2.22. The third kappa shape index (κ3) is 7.99. The third-order valence-corrected chi connectivity index (χ3v) is 5.49. The molecule has 0 unspecified atom stereocenters. The number of hydrogen-bond donors (Lipinski definition) is 1. The molecule has 3 aromatic carbocycles. The molecule has 190 valence electrons. The average Bonchev–Trinajstić information content (AvgIpc) is 2.83. The molecule has 5 heteroatoms. The van der Waals surface area contributed by atoms with Crippen molar-refractivity contribution in [2.24, 2.45) is 0 Å². The number of carbonyl (C=O) groups is 1. The zero-order valence-electron chi connectivity index (χ0n) is 22.3. The maximum Gasteiger partial charge on any atom is 0.256 e. The number of amides is 1. The Balaban J connectivity index is 1.90. The molecule has 0 saturated heterocycles. The molecule has 5 nitrogen and oxygen atoms in total. The molecule has 0 saturated carbocycles. The molecule has 0 bridgehead atoms. The first-order valence-electron chi connectivity index (χ1n) is 12.4. The lowest BCUT2D eigenvalue weighted by molar-refractivity contribution is -0.111. The standard InChI is InChI=1S/C31H38N2O3/c1-7-28(23-11-9-8-10-12-23)29(24-13-17-27(18-14-24)36-31(2,3)4)30(34)32-25-15-19-26(20-16-25)35-22-21-33(5)6/h8-20H,7,21-22H2,1-6H3,(H,32,34)/b29-28+. The minimum absolute atomic E-state index is 0.151. The minimum atomic E-state index is -0.293. The maximum absolute atomic E-state index is 13.7. The molecule has 0 radical (unpaired) electrons. The second-order valence-electron chi connectivity index (χ2n) is 9.94. The molecular formula is C31H38N2O3. The Hall–Kier alpha value is -3.57. The number of rotatable bonds is 10. The summed E-state index contributed by atoms with van der Waals surface area (Å²) in [5.74, 6) is 1.40. The van der Waals surface area contributed by atoms with Crippen LogP contribution in [0.4, 0.5) is 5.69 Å². The van der Waals surface area contributed by atoms with Gasteiger partial charge in [-0.1, -0.05) is 49.4 Å². The van der Waals surface area contributed by atoms with Crippen molar-refractivity contribution in [2.45, 2.75) is 39.7 Å². The van der Waals surface area contributed by atoms with Gasteiger partial charge in [-0.05, 0) is 94.4 Å². The number of hydrogen-bond acceptors (Lipinski definition) is 4. The second-order valence-corrected chi connectivity index (χ2v) is 9.94. The lowest BCUT2D eigenvalue weighted by Gasteiger charge is -2.22. The van der Waals surface area contributed by atoms with Crippen LogP contribution in [0.3, 0.4) is 0 Å². The fourth-order valence-corrected chi connectivity index (χ4v) is 3.82. The summed E-state index contributed by atoms with van der Waals surface area (Å²) in [4.78, 5) is 15.8. The molecule has 3 rings (SSSR count). The zero-order chi connectivity index (χ0) is 26.1. The predicted molar refractivity (Wildman–Crippen MR) is 149 cm³/mol. The van der Waals surface area contributed by atoms with E-state index >= 15 is 0 Å². The summed E-state index contributed by atoms with van der Waals surface area (Å²) in [7, 11) is 4.02. The largest absolute Gasteiger partial charge is 0.492 e. The van der Waals surface area contributed by atoms with Crippen LogP contribution >= 0.6 is 0 Å². The molecule has 0 aliphatic carbocycles. The smallest absolute Gasteiger partial charge is 0.256 e. The number of carbonyl (C=O) groups excluding carboxylic acids is 1.